The van der Waals surface area contributed by atoms with Crippen molar-refractivity contribution in [2.45, 2.75) is 37.5 Å². The molecule has 1 aliphatic heterocycles. The van der Waals surface area contributed by atoms with Gasteiger partial charge < -0.3 is 20.2 Å². The lowest BCUT2D eigenvalue weighted by atomic mass is 9.94. The van der Waals surface area contributed by atoms with Crippen LogP contribution in [0.15, 0.2) is 0 Å². The number of hydrogen-bond donors (Lipinski definition) is 4. The van der Waals surface area contributed by atoms with Crippen molar-refractivity contribution in [1.82, 2.24) is 5.32 Å². The summed E-state index contributed by atoms with van der Waals surface area (Å²) in [7, 11) is -2.58. The van der Waals surface area contributed by atoms with Crippen LogP contribution in [0.4, 0.5) is 0 Å². The van der Waals surface area contributed by atoms with Crippen LogP contribution in [0.5, 0.6) is 0 Å². The third-order valence-corrected chi connectivity index (χ3v) is 2.90. The first-order valence-electron chi connectivity index (χ1n) is 4.47. The van der Waals surface area contributed by atoms with E-state index in [1.54, 1.807) is 0 Å². The highest BCUT2D eigenvalue weighted by atomic mass is 31.2. The minimum Gasteiger partial charge on any atom is -0.391 e. The van der Waals surface area contributed by atoms with E-state index < -0.39 is 26.1 Å². The Kier molecular flexibility index (Phi) is 3.74. The van der Waals surface area contributed by atoms with E-state index in [0.29, 0.717) is 6.42 Å². The van der Waals surface area contributed by atoms with Crippen molar-refractivity contribution in [2.75, 3.05) is 0 Å². The van der Waals surface area contributed by atoms with Crippen LogP contribution in [0.25, 0.3) is 0 Å². The molecular formula is C6H15BNO5P. The number of rotatable bonds is 3. The van der Waals surface area contributed by atoms with Gasteiger partial charge in [0.2, 0.25) is 0 Å². The maximum absolute atomic E-state index is 10.5. The van der Waals surface area contributed by atoms with Gasteiger partial charge in [0.15, 0.2) is 0 Å². The summed E-state index contributed by atoms with van der Waals surface area (Å²) in [5.41, 5.74) is 0. The van der Waals surface area contributed by atoms with Gasteiger partial charge in [-0.3, -0.25) is 4.52 Å². The molecule has 0 amide bonds. The number of nitrogens with one attached hydrogen (secondary N) is 1. The monoisotopic (exact) mass is 223 g/mol. The average molecular weight is 223 g/mol. The number of aliphatic hydroxyl groups is 1. The number of hydrogen-bond acceptors (Lipinski definition) is 4. The molecule has 1 unspecified atom stereocenters. The molecule has 0 aromatic heterocycles. The molecule has 0 aliphatic carbocycles. The van der Waals surface area contributed by atoms with E-state index in [1.165, 1.54) is 6.92 Å². The molecule has 4 atom stereocenters. The summed E-state index contributed by atoms with van der Waals surface area (Å²) in [4.78, 5) is 17.2. The fourth-order valence-electron chi connectivity index (χ4n) is 1.75. The van der Waals surface area contributed by atoms with Gasteiger partial charge in [-0.2, -0.15) is 0 Å². The van der Waals surface area contributed by atoms with Crippen LogP contribution in [0.3, 0.4) is 0 Å². The van der Waals surface area contributed by atoms with E-state index in [0.717, 1.165) is 0 Å². The van der Waals surface area contributed by atoms with Crippen molar-refractivity contribution < 1.29 is 24.0 Å². The van der Waals surface area contributed by atoms with Crippen LogP contribution in [-0.2, 0) is 9.09 Å². The van der Waals surface area contributed by atoms with E-state index in [-0.39, 0.29) is 5.94 Å². The third-order valence-electron chi connectivity index (χ3n) is 2.30. The zero-order valence-electron chi connectivity index (χ0n) is 8.12. The molecule has 4 N–H and O–H groups in total. The van der Waals surface area contributed by atoms with Crippen LogP contribution in [-0.4, -0.2) is 46.9 Å². The predicted octanol–water partition coefficient (Wildman–Crippen LogP) is -1.83. The van der Waals surface area contributed by atoms with Gasteiger partial charge in [0.25, 0.3) is 0 Å². The Morgan fingerprint density at radius 1 is 1.64 bits per heavy atom. The Hall–Kier alpha value is 0.0949. The Bertz CT molecular complexity index is 246. The van der Waals surface area contributed by atoms with Gasteiger partial charge in [-0.25, -0.2) is 4.57 Å². The second-order valence-corrected chi connectivity index (χ2v) is 4.89. The van der Waals surface area contributed by atoms with E-state index in [1.807, 2.05) is 7.85 Å². The van der Waals surface area contributed by atoms with Gasteiger partial charge >= 0.3 is 7.82 Å². The summed E-state index contributed by atoms with van der Waals surface area (Å²) in [5, 5.41) is 12.5. The molecular weight excluding hydrogens is 208 g/mol. The number of aliphatic hydroxyl groups excluding tert-OH is 1. The molecule has 8 heteroatoms. The van der Waals surface area contributed by atoms with Gasteiger partial charge in [0.1, 0.15) is 7.85 Å². The molecule has 82 valence electrons. The maximum Gasteiger partial charge on any atom is 0.469 e. The Labute approximate surface area is 83.3 Å². The van der Waals surface area contributed by atoms with Crippen LogP contribution >= 0.6 is 7.82 Å². The highest BCUT2D eigenvalue weighted by Gasteiger charge is 2.36. The van der Waals surface area contributed by atoms with E-state index in [4.69, 9.17) is 9.79 Å². The molecule has 0 radical (unpaired) electrons. The molecule has 0 spiro atoms. The summed E-state index contributed by atoms with van der Waals surface area (Å²) in [6.07, 6.45) is -0.762. The molecule has 0 aromatic rings. The van der Waals surface area contributed by atoms with E-state index in [2.05, 4.69) is 9.84 Å². The molecule has 6 nitrogen and oxygen atoms in total. The molecule has 0 bridgehead atoms. The minimum atomic E-state index is -4.47. The molecule has 1 fully saturated rings. The van der Waals surface area contributed by atoms with Gasteiger partial charge in [0, 0.05) is 0 Å². The van der Waals surface area contributed by atoms with E-state index >= 15 is 0 Å². The van der Waals surface area contributed by atoms with Crippen LogP contribution in [0.2, 0.25) is 0 Å². The van der Waals surface area contributed by atoms with Gasteiger partial charge in [-0.15, -0.1) is 0 Å². The molecule has 1 heterocycles. The number of phosphoric acid groups is 1. The van der Waals surface area contributed by atoms with Crippen molar-refractivity contribution in [3.8, 4) is 0 Å². The first-order valence-corrected chi connectivity index (χ1v) is 6.00. The van der Waals surface area contributed by atoms with Crippen molar-refractivity contribution in [1.29, 1.82) is 0 Å². The summed E-state index contributed by atoms with van der Waals surface area (Å²) >= 11 is 0. The fourth-order valence-corrected chi connectivity index (χ4v) is 2.31. The van der Waals surface area contributed by atoms with Crippen molar-refractivity contribution >= 4 is 15.7 Å². The van der Waals surface area contributed by atoms with Gasteiger partial charge in [0.05, 0.1) is 18.2 Å². The lowest BCUT2D eigenvalue weighted by molar-refractivity contribution is 0.0658. The maximum atomic E-state index is 10.5. The Morgan fingerprint density at radius 2 is 2.21 bits per heavy atom. The van der Waals surface area contributed by atoms with Crippen molar-refractivity contribution in [2.24, 2.45) is 0 Å². The van der Waals surface area contributed by atoms with Gasteiger partial charge in [-0.1, -0.05) is 0 Å². The molecule has 1 saturated heterocycles. The largest absolute Gasteiger partial charge is 0.469 e. The average Bonchev–Trinajstić information content (AvgIpc) is 2.26. The highest BCUT2D eigenvalue weighted by molar-refractivity contribution is 7.46. The molecule has 1 aliphatic rings. The highest BCUT2D eigenvalue weighted by Crippen LogP contribution is 2.39. The first kappa shape index (κ1) is 12.2. The van der Waals surface area contributed by atoms with E-state index in [9.17, 15) is 9.67 Å². The Balaban J connectivity index is 2.53. The summed E-state index contributed by atoms with van der Waals surface area (Å²) in [5.74, 6) is 0.137. The zero-order chi connectivity index (χ0) is 10.9. The fraction of sp³-hybridized carbons (Fsp3) is 1.00. The quantitative estimate of drug-likeness (QED) is 0.331. The second-order valence-electron chi connectivity index (χ2n) is 3.70. The number of phosphoric ester groups is 1. The summed E-state index contributed by atoms with van der Waals surface area (Å²) < 4.78 is 15.0. The standard InChI is InChI=1S/C6H15BNO5P/c1-3(13-14(10,11)12)6-4(9)2-5(7)8-6/h3-6,8-9H,2,7H2,1H3,(H2,10,11,12)/t3?,4-,5+,6+/m0/s1. The Morgan fingerprint density at radius 3 is 2.57 bits per heavy atom. The lowest BCUT2D eigenvalue weighted by Gasteiger charge is -2.23. The smallest absolute Gasteiger partial charge is 0.391 e. The van der Waals surface area contributed by atoms with Crippen LogP contribution < -0.4 is 5.32 Å². The first-order chi connectivity index (χ1) is 6.29. The topological polar surface area (TPSA) is 99.0 Å². The van der Waals surface area contributed by atoms with Crippen molar-refractivity contribution in [3.63, 3.8) is 0 Å². The third kappa shape index (κ3) is 3.35. The van der Waals surface area contributed by atoms with Crippen molar-refractivity contribution in [3.05, 3.63) is 0 Å². The normalized spacial score (nSPS) is 35.9. The molecule has 14 heavy (non-hydrogen) atoms. The van der Waals surface area contributed by atoms with Crippen LogP contribution in [0, 0.1) is 0 Å². The zero-order valence-corrected chi connectivity index (χ0v) is 9.02. The lowest BCUT2D eigenvalue weighted by Crippen LogP contribution is -2.42. The van der Waals surface area contributed by atoms with Crippen LogP contribution in [0.1, 0.15) is 13.3 Å². The molecule has 0 saturated carbocycles. The molecule has 1 rings (SSSR count). The predicted molar refractivity (Wildman–Crippen MR) is 52.5 cm³/mol. The summed E-state index contributed by atoms with van der Waals surface area (Å²) in [6.45, 7) is 1.53. The van der Waals surface area contributed by atoms with Gasteiger partial charge in [-0.05, 0) is 19.3 Å². The summed E-state index contributed by atoms with van der Waals surface area (Å²) in [6, 6.07) is -0.419. The minimum absolute atomic E-state index is 0.137. The molecule has 0 aromatic carbocycles. The second kappa shape index (κ2) is 4.30. The SMILES string of the molecule is B[C@H]1C[C@H](O)[C@@H](C(C)OP(=O)(O)O)N1.